The minimum Gasteiger partial charge on any atom is -0.322 e. The first-order chi connectivity index (χ1) is 12.4. The predicted molar refractivity (Wildman–Crippen MR) is 105 cm³/mol. The third kappa shape index (κ3) is 4.34. The van der Waals surface area contributed by atoms with Gasteiger partial charge >= 0.3 is 0 Å². The van der Waals surface area contributed by atoms with E-state index in [-0.39, 0.29) is 11.5 Å². The molecule has 1 amide bonds. The Morgan fingerprint density at radius 1 is 1.00 bits per heavy atom. The quantitative estimate of drug-likeness (QED) is 0.702. The van der Waals surface area contributed by atoms with Gasteiger partial charge in [-0.3, -0.25) is 9.59 Å². The second kappa shape index (κ2) is 7.77. The number of aryl methyl sites for hydroxylation is 1. The van der Waals surface area contributed by atoms with Crippen molar-refractivity contribution in [1.29, 1.82) is 0 Å². The van der Waals surface area contributed by atoms with Gasteiger partial charge in [0.15, 0.2) is 0 Å². The van der Waals surface area contributed by atoms with E-state index in [9.17, 15) is 9.59 Å². The summed E-state index contributed by atoms with van der Waals surface area (Å²) in [5.74, 6) is -0.332. The second-order valence-electron chi connectivity index (χ2n) is 5.95. The Hall–Kier alpha value is -2.56. The number of nitrogens with one attached hydrogen (secondary N) is 1. The maximum absolute atomic E-state index is 12.5. The second-order valence-corrected chi connectivity index (χ2v) is 6.77. The Kier molecular flexibility index (Phi) is 5.45. The minimum atomic E-state index is -0.332. The summed E-state index contributed by atoms with van der Waals surface area (Å²) < 4.78 is 1.51. The van der Waals surface area contributed by atoms with E-state index in [1.54, 1.807) is 24.4 Å². The van der Waals surface area contributed by atoms with Crippen LogP contribution in [0.5, 0.6) is 0 Å². The van der Waals surface area contributed by atoms with Gasteiger partial charge in [-0.05, 0) is 36.8 Å². The molecule has 3 aromatic rings. The normalized spacial score (nSPS) is 10.6. The Morgan fingerprint density at radius 3 is 2.42 bits per heavy atom. The SMILES string of the molecule is Cc1ccc(Cn2cc(C(=O)Nc3ccc(Cl)c(Cl)c3)ccc2=O)cc1. The molecule has 0 fully saturated rings. The highest BCUT2D eigenvalue weighted by Gasteiger charge is 2.10. The molecule has 1 aromatic heterocycles. The number of amides is 1. The first-order valence-corrected chi connectivity index (χ1v) is 8.70. The third-order valence-electron chi connectivity index (χ3n) is 3.90. The van der Waals surface area contributed by atoms with Crippen LogP contribution in [-0.2, 0) is 6.54 Å². The minimum absolute atomic E-state index is 0.170. The van der Waals surface area contributed by atoms with Gasteiger partial charge in [0.05, 0.1) is 22.2 Å². The molecular weight excluding hydrogens is 371 g/mol. The van der Waals surface area contributed by atoms with Crippen molar-refractivity contribution in [2.75, 3.05) is 5.32 Å². The fourth-order valence-electron chi connectivity index (χ4n) is 2.46. The number of halogens is 2. The van der Waals surface area contributed by atoms with Crippen LogP contribution in [0.15, 0.2) is 65.6 Å². The van der Waals surface area contributed by atoms with E-state index in [2.05, 4.69) is 5.32 Å². The van der Waals surface area contributed by atoms with Gasteiger partial charge < -0.3 is 9.88 Å². The highest BCUT2D eigenvalue weighted by Crippen LogP contribution is 2.25. The van der Waals surface area contributed by atoms with Crippen molar-refractivity contribution in [2.45, 2.75) is 13.5 Å². The van der Waals surface area contributed by atoms with Crippen LogP contribution >= 0.6 is 23.2 Å². The summed E-state index contributed by atoms with van der Waals surface area (Å²) in [7, 11) is 0. The summed E-state index contributed by atoms with van der Waals surface area (Å²) in [5, 5.41) is 3.52. The van der Waals surface area contributed by atoms with E-state index >= 15 is 0 Å². The van der Waals surface area contributed by atoms with E-state index in [4.69, 9.17) is 23.2 Å². The van der Waals surface area contributed by atoms with E-state index in [0.29, 0.717) is 27.8 Å². The van der Waals surface area contributed by atoms with Gasteiger partial charge in [-0.2, -0.15) is 0 Å². The van der Waals surface area contributed by atoms with Crippen LogP contribution in [-0.4, -0.2) is 10.5 Å². The molecule has 0 aliphatic heterocycles. The summed E-state index contributed by atoms with van der Waals surface area (Å²) in [4.78, 5) is 24.6. The molecule has 132 valence electrons. The number of carbonyl (C=O) groups is 1. The molecule has 26 heavy (non-hydrogen) atoms. The molecule has 0 atom stereocenters. The van der Waals surface area contributed by atoms with Crippen LogP contribution in [0.3, 0.4) is 0 Å². The number of carbonyl (C=O) groups excluding carboxylic acids is 1. The number of anilines is 1. The molecule has 0 unspecified atom stereocenters. The number of pyridine rings is 1. The van der Waals surface area contributed by atoms with E-state index in [1.807, 2.05) is 31.2 Å². The van der Waals surface area contributed by atoms with Crippen LogP contribution < -0.4 is 10.9 Å². The Balaban J connectivity index is 1.81. The van der Waals surface area contributed by atoms with Gasteiger partial charge in [-0.1, -0.05) is 53.0 Å². The lowest BCUT2D eigenvalue weighted by Gasteiger charge is -2.10. The van der Waals surface area contributed by atoms with Crippen molar-refractivity contribution in [3.63, 3.8) is 0 Å². The molecule has 0 aliphatic rings. The fourth-order valence-corrected chi connectivity index (χ4v) is 2.75. The van der Waals surface area contributed by atoms with Crippen molar-refractivity contribution in [2.24, 2.45) is 0 Å². The lowest BCUT2D eigenvalue weighted by molar-refractivity contribution is 0.102. The van der Waals surface area contributed by atoms with Crippen molar-refractivity contribution in [3.05, 3.63) is 97.9 Å². The summed E-state index contributed by atoms with van der Waals surface area (Å²) in [6.07, 6.45) is 1.55. The molecule has 0 bridgehead atoms. The van der Waals surface area contributed by atoms with Gasteiger partial charge in [-0.25, -0.2) is 0 Å². The molecular formula is C20H16Cl2N2O2. The van der Waals surface area contributed by atoms with Crippen molar-refractivity contribution < 1.29 is 4.79 Å². The summed E-state index contributed by atoms with van der Waals surface area (Å²) in [6, 6.07) is 15.6. The number of aromatic nitrogens is 1. The van der Waals surface area contributed by atoms with Crippen LogP contribution in [0.25, 0.3) is 0 Å². The van der Waals surface area contributed by atoms with Gasteiger partial charge in [-0.15, -0.1) is 0 Å². The monoisotopic (exact) mass is 386 g/mol. The molecule has 3 rings (SSSR count). The topological polar surface area (TPSA) is 51.1 Å². The number of rotatable bonds is 4. The fraction of sp³-hybridized carbons (Fsp3) is 0.100. The first kappa shape index (κ1) is 18.2. The summed E-state index contributed by atoms with van der Waals surface area (Å²) in [5.41, 5.74) is 2.87. The highest BCUT2D eigenvalue weighted by atomic mass is 35.5. The molecule has 2 aromatic carbocycles. The first-order valence-electron chi connectivity index (χ1n) is 7.95. The van der Waals surface area contributed by atoms with E-state index < -0.39 is 0 Å². The number of benzene rings is 2. The lowest BCUT2D eigenvalue weighted by Crippen LogP contribution is -2.22. The number of hydrogen-bond acceptors (Lipinski definition) is 2. The van der Waals surface area contributed by atoms with Crippen LogP contribution in [0, 0.1) is 6.92 Å². The lowest BCUT2D eigenvalue weighted by atomic mass is 10.1. The molecule has 0 aliphatic carbocycles. The van der Waals surface area contributed by atoms with Crippen molar-refractivity contribution >= 4 is 34.8 Å². The third-order valence-corrected chi connectivity index (χ3v) is 4.64. The standard InChI is InChI=1S/C20H16Cl2N2O2/c1-13-2-4-14(5-3-13)11-24-12-15(6-9-19(24)25)20(26)23-16-7-8-17(21)18(22)10-16/h2-10,12H,11H2,1H3,(H,23,26). The Bertz CT molecular complexity index is 1010. The van der Waals surface area contributed by atoms with Gasteiger partial charge in [0.2, 0.25) is 0 Å². The summed E-state index contributed by atoms with van der Waals surface area (Å²) in [6.45, 7) is 2.40. The molecule has 6 heteroatoms. The molecule has 0 saturated heterocycles. The zero-order chi connectivity index (χ0) is 18.7. The smallest absolute Gasteiger partial charge is 0.257 e. The van der Waals surface area contributed by atoms with Crippen LogP contribution in [0.4, 0.5) is 5.69 Å². The van der Waals surface area contributed by atoms with Gasteiger partial charge in [0, 0.05) is 18.0 Å². The zero-order valence-electron chi connectivity index (χ0n) is 14.0. The highest BCUT2D eigenvalue weighted by molar-refractivity contribution is 6.42. The van der Waals surface area contributed by atoms with Crippen molar-refractivity contribution in [1.82, 2.24) is 4.57 Å². The number of nitrogens with zero attached hydrogens (tertiary/aromatic N) is 1. The Labute approximate surface area is 161 Å². The maximum Gasteiger partial charge on any atom is 0.257 e. The molecule has 4 nitrogen and oxygen atoms in total. The molecule has 1 heterocycles. The van der Waals surface area contributed by atoms with Crippen LogP contribution in [0.1, 0.15) is 21.5 Å². The average molecular weight is 387 g/mol. The average Bonchev–Trinajstić information content (AvgIpc) is 2.62. The van der Waals surface area contributed by atoms with Gasteiger partial charge in [0.1, 0.15) is 0 Å². The maximum atomic E-state index is 12.5. The predicted octanol–water partition coefficient (Wildman–Crippen LogP) is 4.76. The van der Waals surface area contributed by atoms with Crippen LogP contribution in [0.2, 0.25) is 10.0 Å². The van der Waals surface area contributed by atoms with Crippen molar-refractivity contribution in [3.8, 4) is 0 Å². The largest absolute Gasteiger partial charge is 0.322 e. The molecule has 1 N–H and O–H groups in total. The molecule has 0 radical (unpaired) electrons. The Morgan fingerprint density at radius 2 is 1.73 bits per heavy atom. The molecule has 0 spiro atoms. The van der Waals surface area contributed by atoms with Gasteiger partial charge in [0.25, 0.3) is 11.5 Å². The van der Waals surface area contributed by atoms with E-state index in [0.717, 1.165) is 11.1 Å². The zero-order valence-corrected chi connectivity index (χ0v) is 15.5. The number of hydrogen-bond donors (Lipinski definition) is 1. The van der Waals surface area contributed by atoms with E-state index in [1.165, 1.54) is 16.7 Å². The molecule has 0 saturated carbocycles. The summed E-state index contributed by atoms with van der Waals surface area (Å²) >= 11 is 11.8.